The monoisotopic (exact) mass is 262 g/mol. The minimum absolute atomic E-state index is 0.171. The lowest BCUT2D eigenvalue weighted by atomic mass is 10.1. The fraction of sp³-hybridized carbons (Fsp3) is 0.154. The second kappa shape index (κ2) is 4.74. The highest BCUT2D eigenvalue weighted by atomic mass is 35.5. The largest absolute Gasteiger partial charge is 0.296 e. The predicted molar refractivity (Wildman–Crippen MR) is 68.7 cm³/mol. The second-order valence-corrected chi connectivity index (χ2v) is 4.34. The van der Waals surface area contributed by atoms with Gasteiger partial charge in [0, 0.05) is 5.02 Å². The maximum Gasteiger partial charge on any atom is 0.169 e. The Morgan fingerprint density at radius 1 is 1.33 bits per heavy atom. The first-order valence-corrected chi connectivity index (χ1v) is 5.74. The zero-order valence-electron chi connectivity index (χ0n) is 9.98. The number of aryl methyl sites for hydroxylation is 1. The van der Waals surface area contributed by atoms with Gasteiger partial charge in [0.1, 0.15) is 5.69 Å². The van der Waals surface area contributed by atoms with Crippen molar-refractivity contribution in [2.45, 2.75) is 13.8 Å². The van der Waals surface area contributed by atoms with E-state index in [0.717, 1.165) is 0 Å². The lowest BCUT2D eigenvalue weighted by Crippen LogP contribution is -2.04. The maximum atomic E-state index is 11.5. The van der Waals surface area contributed by atoms with Crippen LogP contribution in [0.15, 0.2) is 24.3 Å². The zero-order valence-corrected chi connectivity index (χ0v) is 10.7. The van der Waals surface area contributed by atoms with Crippen molar-refractivity contribution in [2.24, 2.45) is 0 Å². The van der Waals surface area contributed by atoms with E-state index in [4.69, 9.17) is 11.6 Å². The number of Topliss-reactive ketones (excluding diaryl/α,β-unsaturated/α-hetero) is 1. The Labute approximate surface area is 109 Å². The predicted octanol–water partition coefficient (Wildman–Crippen LogP) is 2.85. The van der Waals surface area contributed by atoms with Crippen molar-refractivity contribution in [3.05, 3.63) is 46.2 Å². The maximum absolute atomic E-state index is 11.5. The molecule has 1 heterocycles. The van der Waals surface area contributed by atoms with Gasteiger partial charge in [0.2, 0.25) is 0 Å². The van der Waals surface area contributed by atoms with E-state index in [1.54, 1.807) is 31.2 Å². The van der Waals surface area contributed by atoms with Crippen LogP contribution in [0.25, 0.3) is 5.69 Å². The third-order valence-electron chi connectivity index (χ3n) is 2.63. The van der Waals surface area contributed by atoms with Gasteiger partial charge in [-0.15, -0.1) is 0 Å². The van der Waals surface area contributed by atoms with Crippen LogP contribution in [0.5, 0.6) is 0 Å². The molecule has 2 rings (SSSR count). The molecule has 4 nitrogen and oxygen atoms in total. The molecule has 5 heteroatoms. The van der Waals surface area contributed by atoms with Gasteiger partial charge >= 0.3 is 0 Å². The van der Waals surface area contributed by atoms with Crippen molar-refractivity contribution in [3.63, 3.8) is 0 Å². The fourth-order valence-electron chi connectivity index (χ4n) is 1.87. The summed E-state index contributed by atoms with van der Waals surface area (Å²) in [6, 6.07) is 6.89. The lowest BCUT2D eigenvalue weighted by Gasteiger charge is -2.03. The van der Waals surface area contributed by atoms with Crippen molar-refractivity contribution in [3.8, 4) is 5.69 Å². The van der Waals surface area contributed by atoms with E-state index in [1.807, 2.05) is 0 Å². The first-order valence-electron chi connectivity index (χ1n) is 5.36. The van der Waals surface area contributed by atoms with E-state index in [0.29, 0.717) is 28.3 Å². The molecule has 0 spiro atoms. The summed E-state index contributed by atoms with van der Waals surface area (Å²) in [5, 5.41) is 4.82. The normalized spacial score (nSPS) is 10.4. The number of nitrogens with zero attached hydrogens (tertiary/aromatic N) is 2. The van der Waals surface area contributed by atoms with Gasteiger partial charge in [-0.05, 0) is 38.1 Å². The third-order valence-corrected chi connectivity index (χ3v) is 2.88. The second-order valence-electron chi connectivity index (χ2n) is 3.91. The van der Waals surface area contributed by atoms with E-state index in [2.05, 4.69) is 5.10 Å². The van der Waals surface area contributed by atoms with Crippen LogP contribution in [0.3, 0.4) is 0 Å². The van der Waals surface area contributed by atoms with Gasteiger partial charge in [-0.1, -0.05) is 11.6 Å². The molecule has 0 amide bonds. The standard InChI is InChI=1S/C13H11ClN2O2/c1-8-13(9(2)18)12(7-17)16(15-8)11-5-3-10(14)4-6-11/h3-7H,1-2H3. The molecule has 0 bridgehead atoms. The van der Waals surface area contributed by atoms with Crippen LogP contribution in [0.4, 0.5) is 0 Å². The molecule has 0 unspecified atom stereocenters. The van der Waals surface area contributed by atoms with Crippen molar-refractivity contribution in [1.82, 2.24) is 9.78 Å². The van der Waals surface area contributed by atoms with E-state index < -0.39 is 0 Å². The van der Waals surface area contributed by atoms with Gasteiger partial charge in [-0.3, -0.25) is 9.59 Å². The fourth-order valence-corrected chi connectivity index (χ4v) is 1.99. The molecule has 0 saturated carbocycles. The summed E-state index contributed by atoms with van der Waals surface area (Å²) < 4.78 is 1.45. The third kappa shape index (κ3) is 2.07. The summed E-state index contributed by atoms with van der Waals surface area (Å²) in [7, 11) is 0. The number of hydrogen-bond donors (Lipinski definition) is 0. The highest BCUT2D eigenvalue weighted by Gasteiger charge is 2.18. The summed E-state index contributed by atoms with van der Waals surface area (Å²) in [4.78, 5) is 22.7. The van der Waals surface area contributed by atoms with E-state index in [-0.39, 0.29) is 11.5 Å². The minimum atomic E-state index is -0.171. The summed E-state index contributed by atoms with van der Waals surface area (Å²) in [6.07, 6.45) is 0.644. The molecule has 18 heavy (non-hydrogen) atoms. The average molecular weight is 263 g/mol. The van der Waals surface area contributed by atoms with Crippen molar-refractivity contribution >= 4 is 23.7 Å². The number of benzene rings is 1. The SMILES string of the molecule is CC(=O)c1c(C)nn(-c2ccc(Cl)cc2)c1C=O. The number of rotatable bonds is 3. The van der Waals surface area contributed by atoms with Gasteiger partial charge in [-0.2, -0.15) is 5.10 Å². The molecular formula is C13H11ClN2O2. The molecule has 0 aliphatic carbocycles. The smallest absolute Gasteiger partial charge is 0.169 e. The van der Waals surface area contributed by atoms with E-state index >= 15 is 0 Å². The Hall–Kier alpha value is -1.94. The Bertz CT molecular complexity index is 615. The van der Waals surface area contributed by atoms with Gasteiger partial charge in [0.15, 0.2) is 12.1 Å². The van der Waals surface area contributed by atoms with Gasteiger partial charge in [0.05, 0.1) is 16.9 Å². The average Bonchev–Trinajstić information content (AvgIpc) is 2.67. The molecule has 0 aliphatic rings. The molecule has 0 aliphatic heterocycles. The van der Waals surface area contributed by atoms with Crippen LogP contribution in [-0.2, 0) is 0 Å². The van der Waals surface area contributed by atoms with Crippen LogP contribution in [0, 0.1) is 6.92 Å². The summed E-state index contributed by atoms with van der Waals surface area (Å²) in [6.45, 7) is 3.12. The molecule has 0 radical (unpaired) electrons. The molecule has 1 aromatic carbocycles. The van der Waals surface area contributed by atoms with E-state index in [1.165, 1.54) is 11.6 Å². The number of carbonyl (C=O) groups is 2. The Kier molecular flexibility index (Phi) is 3.30. The number of aromatic nitrogens is 2. The summed E-state index contributed by atoms with van der Waals surface area (Å²) >= 11 is 5.81. The molecule has 0 saturated heterocycles. The van der Waals surface area contributed by atoms with E-state index in [9.17, 15) is 9.59 Å². The Balaban J connectivity index is 2.65. The highest BCUT2D eigenvalue weighted by molar-refractivity contribution is 6.30. The van der Waals surface area contributed by atoms with Crippen LogP contribution >= 0.6 is 11.6 Å². The van der Waals surface area contributed by atoms with Crippen LogP contribution in [0.1, 0.15) is 33.5 Å². The van der Waals surface area contributed by atoms with Gasteiger partial charge < -0.3 is 0 Å². The number of ketones is 1. The van der Waals surface area contributed by atoms with Crippen LogP contribution < -0.4 is 0 Å². The quantitative estimate of drug-likeness (QED) is 0.631. The molecular weight excluding hydrogens is 252 g/mol. The molecule has 0 fully saturated rings. The number of hydrogen-bond acceptors (Lipinski definition) is 3. The van der Waals surface area contributed by atoms with Crippen molar-refractivity contribution in [2.75, 3.05) is 0 Å². The number of carbonyl (C=O) groups excluding carboxylic acids is 2. The molecule has 1 aromatic heterocycles. The first-order chi connectivity index (χ1) is 8.54. The number of aldehydes is 1. The number of halogens is 1. The zero-order chi connectivity index (χ0) is 13.3. The first kappa shape index (κ1) is 12.5. The molecule has 0 atom stereocenters. The topological polar surface area (TPSA) is 52.0 Å². The van der Waals surface area contributed by atoms with Gasteiger partial charge in [0.25, 0.3) is 0 Å². The molecule has 0 N–H and O–H groups in total. The lowest BCUT2D eigenvalue weighted by molar-refractivity contribution is 0.100. The Morgan fingerprint density at radius 3 is 2.44 bits per heavy atom. The summed E-state index contributed by atoms with van der Waals surface area (Å²) in [5.41, 5.74) is 1.86. The minimum Gasteiger partial charge on any atom is -0.296 e. The molecule has 92 valence electrons. The van der Waals surface area contributed by atoms with Gasteiger partial charge in [-0.25, -0.2) is 4.68 Å². The molecule has 2 aromatic rings. The Morgan fingerprint density at radius 2 is 1.94 bits per heavy atom. The highest BCUT2D eigenvalue weighted by Crippen LogP contribution is 2.19. The summed E-state index contributed by atoms with van der Waals surface area (Å²) in [5.74, 6) is -0.171. The van der Waals surface area contributed by atoms with Crippen LogP contribution in [-0.4, -0.2) is 21.8 Å². The van der Waals surface area contributed by atoms with Crippen molar-refractivity contribution < 1.29 is 9.59 Å². The van der Waals surface area contributed by atoms with Crippen LogP contribution in [0.2, 0.25) is 5.02 Å². The van der Waals surface area contributed by atoms with Crippen molar-refractivity contribution in [1.29, 1.82) is 0 Å².